The molecular formula is C45H76O7. The molecule has 3 N–H and O–H groups in total. The summed E-state index contributed by atoms with van der Waals surface area (Å²) < 4.78 is 10.5. The fourth-order valence-electron chi connectivity index (χ4n) is 5.47. The van der Waals surface area contributed by atoms with E-state index in [-0.39, 0.29) is 25.6 Å². The number of ether oxygens (including phenoxy) is 2. The van der Waals surface area contributed by atoms with Gasteiger partial charge in [0.1, 0.15) is 6.61 Å². The quantitative estimate of drug-likeness (QED) is 0.0258. The number of aliphatic hydroxyl groups is 3. The van der Waals surface area contributed by atoms with Crippen molar-refractivity contribution in [2.24, 2.45) is 5.92 Å². The molecule has 0 saturated carbocycles. The first kappa shape index (κ1) is 49.3. The van der Waals surface area contributed by atoms with E-state index in [0.29, 0.717) is 32.1 Å². The minimum atomic E-state index is -0.836. The first-order valence-electron chi connectivity index (χ1n) is 20.6. The lowest BCUT2D eigenvalue weighted by atomic mass is 10.0. The second-order valence-electron chi connectivity index (χ2n) is 14.2. The van der Waals surface area contributed by atoms with Crippen molar-refractivity contribution >= 4 is 11.9 Å². The minimum absolute atomic E-state index is 0.144. The fourth-order valence-corrected chi connectivity index (χ4v) is 5.47. The average Bonchev–Trinajstić information content (AvgIpc) is 3.12. The molecule has 7 nitrogen and oxygen atoms in total. The molecule has 0 aliphatic carbocycles. The Hall–Kier alpha value is -2.74. The second kappa shape index (κ2) is 38.0. The van der Waals surface area contributed by atoms with Crippen LogP contribution >= 0.6 is 0 Å². The van der Waals surface area contributed by atoms with Crippen molar-refractivity contribution in [2.75, 3.05) is 13.2 Å². The Kier molecular flexibility index (Phi) is 36.0. The van der Waals surface area contributed by atoms with E-state index < -0.39 is 24.3 Å². The molecule has 0 amide bonds. The molecule has 0 aromatic heterocycles. The maximum Gasteiger partial charge on any atom is 0.306 e. The summed E-state index contributed by atoms with van der Waals surface area (Å²) in [4.78, 5) is 24.3. The van der Waals surface area contributed by atoms with Gasteiger partial charge in [0.2, 0.25) is 0 Å². The number of aliphatic hydroxyl groups excluding tert-OH is 3. The number of allylic oxidation sites excluding steroid dienone is 8. The molecule has 0 radical (unpaired) electrons. The van der Waals surface area contributed by atoms with E-state index in [0.717, 1.165) is 31.6 Å². The highest BCUT2D eigenvalue weighted by atomic mass is 16.6. The minimum Gasteiger partial charge on any atom is -0.462 e. The molecule has 0 spiro atoms. The molecule has 0 aliphatic heterocycles. The number of hydrogen-bond acceptors (Lipinski definition) is 7. The van der Waals surface area contributed by atoms with Gasteiger partial charge in [0.25, 0.3) is 0 Å². The smallest absolute Gasteiger partial charge is 0.306 e. The molecule has 0 unspecified atom stereocenters. The topological polar surface area (TPSA) is 113 Å². The molecule has 0 aromatic rings. The zero-order valence-corrected chi connectivity index (χ0v) is 33.2. The van der Waals surface area contributed by atoms with Crippen LogP contribution in [0.1, 0.15) is 162 Å². The average molecular weight is 729 g/mol. The summed E-state index contributed by atoms with van der Waals surface area (Å²) in [7, 11) is 0. The van der Waals surface area contributed by atoms with Crippen LogP contribution in [0.5, 0.6) is 0 Å². The van der Waals surface area contributed by atoms with Crippen LogP contribution in [-0.2, 0) is 19.1 Å². The lowest BCUT2D eigenvalue weighted by Crippen LogP contribution is -2.28. The normalized spacial score (nSPS) is 14.3. The molecule has 0 heterocycles. The maximum absolute atomic E-state index is 12.2. The Morgan fingerprint density at radius 3 is 1.62 bits per heavy atom. The number of rotatable bonds is 35. The molecule has 52 heavy (non-hydrogen) atoms. The van der Waals surface area contributed by atoms with Gasteiger partial charge in [-0.2, -0.15) is 0 Å². The van der Waals surface area contributed by atoms with Crippen molar-refractivity contribution in [3.05, 3.63) is 72.9 Å². The highest BCUT2D eigenvalue weighted by molar-refractivity contribution is 5.70. The van der Waals surface area contributed by atoms with Crippen LogP contribution in [-0.4, -0.2) is 58.8 Å². The van der Waals surface area contributed by atoms with E-state index in [1.807, 2.05) is 48.6 Å². The van der Waals surface area contributed by atoms with Gasteiger partial charge in [-0.15, -0.1) is 0 Å². The molecule has 0 saturated heterocycles. The van der Waals surface area contributed by atoms with Crippen LogP contribution in [0.15, 0.2) is 72.9 Å². The Morgan fingerprint density at radius 1 is 0.596 bits per heavy atom. The summed E-state index contributed by atoms with van der Waals surface area (Å²) in [6, 6.07) is 0. The van der Waals surface area contributed by atoms with Crippen molar-refractivity contribution in [3.8, 4) is 0 Å². The fraction of sp³-hybridized carbons (Fsp3) is 0.689. The van der Waals surface area contributed by atoms with Gasteiger partial charge < -0.3 is 24.8 Å². The van der Waals surface area contributed by atoms with Crippen LogP contribution in [0.25, 0.3) is 0 Å². The zero-order chi connectivity index (χ0) is 38.3. The Labute approximate surface area is 318 Å². The van der Waals surface area contributed by atoms with Crippen LogP contribution < -0.4 is 0 Å². The van der Waals surface area contributed by atoms with E-state index in [2.05, 4.69) is 20.8 Å². The highest BCUT2D eigenvalue weighted by Gasteiger charge is 2.16. The predicted molar refractivity (Wildman–Crippen MR) is 217 cm³/mol. The summed E-state index contributed by atoms with van der Waals surface area (Å²) in [5.41, 5.74) is 0. The molecular weight excluding hydrogens is 652 g/mol. The Balaban J connectivity index is 3.80. The third-order valence-corrected chi connectivity index (χ3v) is 8.62. The van der Waals surface area contributed by atoms with Crippen molar-refractivity contribution in [1.82, 2.24) is 0 Å². The monoisotopic (exact) mass is 729 g/mol. The van der Waals surface area contributed by atoms with Gasteiger partial charge in [-0.3, -0.25) is 9.59 Å². The summed E-state index contributed by atoms with van der Waals surface area (Å²) in [6.07, 6.45) is 43.3. The molecule has 0 rings (SSSR count). The van der Waals surface area contributed by atoms with E-state index in [4.69, 9.17) is 9.47 Å². The van der Waals surface area contributed by atoms with Gasteiger partial charge >= 0.3 is 11.9 Å². The van der Waals surface area contributed by atoms with Crippen LogP contribution in [0.4, 0.5) is 0 Å². The molecule has 0 aliphatic rings. The number of carbonyl (C=O) groups excluding carboxylic acids is 2. The molecule has 0 aromatic carbocycles. The number of hydrogen-bond donors (Lipinski definition) is 3. The molecule has 298 valence electrons. The summed E-state index contributed by atoms with van der Waals surface area (Å²) >= 11 is 0. The lowest BCUT2D eigenvalue weighted by molar-refractivity contribution is -0.161. The zero-order valence-electron chi connectivity index (χ0n) is 33.2. The summed E-state index contributed by atoms with van der Waals surface area (Å²) in [5, 5.41) is 29.4. The van der Waals surface area contributed by atoms with Gasteiger partial charge in [0, 0.05) is 12.8 Å². The van der Waals surface area contributed by atoms with Crippen molar-refractivity contribution in [2.45, 2.75) is 180 Å². The molecule has 3 atom stereocenters. The first-order chi connectivity index (χ1) is 25.3. The van der Waals surface area contributed by atoms with Gasteiger partial charge in [-0.25, -0.2) is 0 Å². The Bertz CT molecular complexity index is 1010. The van der Waals surface area contributed by atoms with Crippen LogP contribution in [0, 0.1) is 5.92 Å². The third-order valence-electron chi connectivity index (χ3n) is 8.62. The number of unbranched alkanes of at least 4 members (excludes halogenated alkanes) is 13. The Morgan fingerprint density at radius 2 is 1.10 bits per heavy atom. The highest BCUT2D eigenvalue weighted by Crippen LogP contribution is 2.15. The van der Waals surface area contributed by atoms with Crippen molar-refractivity contribution < 1.29 is 34.4 Å². The van der Waals surface area contributed by atoms with Gasteiger partial charge in [0.05, 0.1) is 18.8 Å². The summed E-state index contributed by atoms with van der Waals surface area (Å²) in [5.74, 6) is 0.0780. The van der Waals surface area contributed by atoms with Gasteiger partial charge in [-0.05, 0) is 44.4 Å². The van der Waals surface area contributed by atoms with E-state index >= 15 is 0 Å². The van der Waals surface area contributed by atoms with Gasteiger partial charge in [0.15, 0.2) is 6.10 Å². The predicted octanol–water partition coefficient (Wildman–Crippen LogP) is 10.8. The standard InChI is InChI=1S/C45H76O7/c1-4-5-24-32-41(47)34-27-22-23-28-35-42(48)33-26-19-16-17-20-29-36-44(49)51-39-43(38-46)52-45(50)37-30-21-15-13-11-9-7-6-8-10-12-14-18-25-31-40(2)3/h5,17,19-20,22-24,26-28,34-35,40-43,46-48H,4,6-16,18,21,25,29-33,36-39H2,1-3H3/b20-17-,23-22-,24-5-,26-19-,34-27+,35-28+/t41-,42+,43+/m1/s1. The molecule has 0 bridgehead atoms. The van der Waals surface area contributed by atoms with Crippen molar-refractivity contribution in [3.63, 3.8) is 0 Å². The van der Waals surface area contributed by atoms with Crippen LogP contribution in [0.3, 0.4) is 0 Å². The second-order valence-corrected chi connectivity index (χ2v) is 14.2. The molecule has 0 fully saturated rings. The number of carbonyl (C=O) groups is 2. The SMILES string of the molecule is CC/C=C\C[C@@H](O)/C=C/C=C\C=C\[C@@H](O)C/C=C\C/C=C\CCC(=O)OC[C@H](CO)OC(=O)CCCCCCCCCCCCCCCCC(C)C. The maximum atomic E-state index is 12.2. The van der Waals surface area contributed by atoms with Crippen LogP contribution in [0.2, 0.25) is 0 Å². The third kappa shape index (κ3) is 37.0. The van der Waals surface area contributed by atoms with Crippen molar-refractivity contribution in [1.29, 1.82) is 0 Å². The lowest BCUT2D eigenvalue weighted by Gasteiger charge is -2.15. The van der Waals surface area contributed by atoms with E-state index in [1.165, 1.54) is 77.0 Å². The van der Waals surface area contributed by atoms with Gasteiger partial charge in [-0.1, -0.05) is 184 Å². The summed E-state index contributed by atoms with van der Waals surface area (Å²) in [6.45, 7) is 6.14. The largest absolute Gasteiger partial charge is 0.462 e. The molecule has 7 heteroatoms. The van der Waals surface area contributed by atoms with E-state index in [9.17, 15) is 24.9 Å². The first-order valence-corrected chi connectivity index (χ1v) is 20.6. The number of esters is 2. The van der Waals surface area contributed by atoms with E-state index in [1.54, 1.807) is 24.3 Å².